The van der Waals surface area contributed by atoms with Crippen molar-refractivity contribution in [2.75, 3.05) is 13.6 Å². The van der Waals surface area contributed by atoms with Crippen LogP contribution in [0.4, 0.5) is 4.39 Å². The molecule has 0 aliphatic heterocycles. The molecule has 0 aliphatic carbocycles. The highest BCUT2D eigenvalue weighted by atomic mass is 19.1. The maximum Gasteiger partial charge on any atom is 0.127 e. The van der Waals surface area contributed by atoms with Crippen molar-refractivity contribution in [3.63, 3.8) is 0 Å². The second-order valence-electron chi connectivity index (χ2n) is 5.80. The maximum atomic E-state index is 13.5. The lowest BCUT2D eigenvalue weighted by atomic mass is 10.0. The van der Waals surface area contributed by atoms with Crippen LogP contribution in [0.2, 0.25) is 0 Å². The molecule has 2 N–H and O–H groups in total. The summed E-state index contributed by atoms with van der Waals surface area (Å²) in [6.45, 7) is 5.96. The smallest absolute Gasteiger partial charge is 0.127 e. The van der Waals surface area contributed by atoms with E-state index in [1.807, 2.05) is 12.1 Å². The Labute approximate surface area is 116 Å². The molecule has 0 amide bonds. The summed E-state index contributed by atoms with van der Waals surface area (Å²) in [6, 6.07) is 7.29. The molecule has 0 saturated heterocycles. The van der Waals surface area contributed by atoms with E-state index in [1.54, 1.807) is 6.07 Å². The van der Waals surface area contributed by atoms with Crippen LogP contribution in [-0.2, 0) is 6.54 Å². The summed E-state index contributed by atoms with van der Waals surface area (Å²) in [5, 5.41) is 0. The van der Waals surface area contributed by atoms with Crippen molar-refractivity contribution in [1.29, 1.82) is 0 Å². The zero-order valence-electron chi connectivity index (χ0n) is 12.4. The Balaban J connectivity index is 2.30. The van der Waals surface area contributed by atoms with Gasteiger partial charge < -0.3 is 10.6 Å². The van der Waals surface area contributed by atoms with Gasteiger partial charge in [0.1, 0.15) is 5.82 Å². The molecule has 2 nitrogen and oxygen atoms in total. The summed E-state index contributed by atoms with van der Waals surface area (Å²) in [7, 11) is 2.05. The standard InChI is InChI=1S/C16H27FN2/c1-13(7-6-8-14(2)18)11-19(3)12-15-9-4-5-10-16(15)17/h4-5,9-10,13-14H,6-8,11-12,18H2,1-3H3. The van der Waals surface area contributed by atoms with E-state index >= 15 is 0 Å². The highest BCUT2D eigenvalue weighted by Gasteiger charge is 2.09. The topological polar surface area (TPSA) is 29.3 Å². The van der Waals surface area contributed by atoms with Crippen LogP contribution in [-0.4, -0.2) is 24.5 Å². The molecule has 0 saturated carbocycles. The molecule has 2 unspecified atom stereocenters. The fourth-order valence-corrected chi connectivity index (χ4v) is 2.39. The maximum absolute atomic E-state index is 13.5. The van der Waals surface area contributed by atoms with Crippen molar-refractivity contribution in [3.05, 3.63) is 35.6 Å². The monoisotopic (exact) mass is 266 g/mol. The minimum absolute atomic E-state index is 0.112. The molecule has 1 aromatic rings. The van der Waals surface area contributed by atoms with E-state index in [0.29, 0.717) is 18.5 Å². The molecule has 0 aromatic heterocycles. The Morgan fingerprint density at radius 2 is 1.89 bits per heavy atom. The first-order valence-electron chi connectivity index (χ1n) is 7.16. The Morgan fingerprint density at radius 3 is 2.53 bits per heavy atom. The number of nitrogens with two attached hydrogens (primary N) is 1. The summed E-state index contributed by atoms with van der Waals surface area (Å²) in [4.78, 5) is 2.19. The Hall–Kier alpha value is -0.930. The van der Waals surface area contributed by atoms with Gasteiger partial charge in [-0.25, -0.2) is 4.39 Å². The predicted octanol–water partition coefficient (Wildman–Crippen LogP) is 3.41. The van der Waals surface area contributed by atoms with E-state index in [1.165, 1.54) is 18.9 Å². The Bertz CT molecular complexity index is 366. The van der Waals surface area contributed by atoms with Crippen LogP contribution in [0.25, 0.3) is 0 Å². The van der Waals surface area contributed by atoms with E-state index in [0.717, 1.165) is 18.5 Å². The quantitative estimate of drug-likeness (QED) is 0.781. The van der Waals surface area contributed by atoms with Gasteiger partial charge in [0, 0.05) is 24.7 Å². The van der Waals surface area contributed by atoms with Gasteiger partial charge in [-0.05, 0) is 38.8 Å². The van der Waals surface area contributed by atoms with Crippen LogP contribution in [0.3, 0.4) is 0 Å². The Kier molecular flexibility index (Phi) is 7.03. The molecule has 2 atom stereocenters. The number of rotatable bonds is 8. The lowest BCUT2D eigenvalue weighted by Gasteiger charge is -2.21. The molecule has 0 heterocycles. The van der Waals surface area contributed by atoms with Gasteiger partial charge >= 0.3 is 0 Å². The largest absolute Gasteiger partial charge is 0.328 e. The van der Waals surface area contributed by atoms with E-state index in [4.69, 9.17) is 5.73 Å². The van der Waals surface area contributed by atoms with Crippen molar-refractivity contribution in [2.24, 2.45) is 11.7 Å². The van der Waals surface area contributed by atoms with E-state index < -0.39 is 0 Å². The fourth-order valence-electron chi connectivity index (χ4n) is 2.39. The third-order valence-electron chi connectivity index (χ3n) is 3.38. The first kappa shape index (κ1) is 16.1. The van der Waals surface area contributed by atoms with Crippen LogP contribution in [0, 0.1) is 11.7 Å². The minimum atomic E-state index is -0.112. The van der Waals surface area contributed by atoms with Gasteiger partial charge in [-0.1, -0.05) is 31.5 Å². The van der Waals surface area contributed by atoms with Gasteiger partial charge in [0.2, 0.25) is 0 Å². The molecule has 0 bridgehead atoms. The van der Waals surface area contributed by atoms with Gasteiger partial charge in [0.15, 0.2) is 0 Å². The molecule has 3 heteroatoms. The van der Waals surface area contributed by atoms with Crippen LogP contribution in [0.15, 0.2) is 24.3 Å². The van der Waals surface area contributed by atoms with Crippen LogP contribution in [0.1, 0.15) is 38.7 Å². The zero-order chi connectivity index (χ0) is 14.3. The summed E-state index contributed by atoms with van der Waals surface area (Å²) in [5.74, 6) is 0.509. The molecular formula is C16H27FN2. The van der Waals surface area contributed by atoms with Crippen LogP contribution in [0.5, 0.6) is 0 Å². The van der Waals surface area contributed by atoms with Gasteiger partial charge in [-0.2, -0.15) is 0 Å². The highest BCUT2D eigenvalue weighted by molar-refractivity contribution is 5.16. The number of hydrogen-bond donors (Lipinski definition) is 1. The van der Waals surface area contributed by atoms with E-state index in [-0.39, 0.29) is 5.82 Å². The lowest BCUT2D eigenvalue weighted by molar-refractivity contribution is 0.264. The second kappa shape index (κ2) is 8.28. The summed E-state index contributed by atoms with van der Waals surface area (Å²) >= 11 is 0. The minimum Gasteiger partial charge on any atom is -0.328 e. The van der Waals surface area contributed by atoms with E-state index in [9.17, 15) is 4.39 Å². The van der Waals surface area contributed by atoms with Crippen molar-refractivity contribution in [1.82, 2.24) is 4.90 Å². The molecular weight excluding hydrogens is 239 g/mol. The molecule has 1 rings (SSSR count). The highest BCUT2D eigenvalue weighted by Crippen LogP contribution is 2.13. The number of halogens is 1. The van der Waals surface area contributed by atoms with Gasteiger partial charge in [-0.3, -0.25) is 0 Å². The molecule has 0 aliphatic rings. The van der Waals surface area contributed by atoms with Crippen molar-refractivity contribution >= 4 is 0 Å². The molecule has 108 valence electrons. The summed E-state index contributed by atoms with van der Waals surface area (Å²) in [5.41, 5.74) is 6.52. The average molecular weight is 266 g/mol. The van der Waals surface area contributed by atoms with Gasteiger partial charge in [0.05, 0.1) is 0 Å². The number of nitrogens with zero attached hydrogens (tertiary/aromatic N) is 1. The zero-order valence-corrected chi connectivity index (χ0v) is 12.4. The third-order valence-corrected chi connectivity index (χ3v) is 3.38. The van der Waals surface area contributed by atoms with Crippen molar-refractivity contribution in [3.8, 4) is 0 Å². The summed E-state index contributed by atoms with van der Waals surface area (Å²) < 4.78 is 13.5. The first-order valence-corrected chi connectivity index (χ1v) is 7.16. The number of hydrogen-bond acceptors (Lipinski definition) is 2. The molecule has 0 spiro atoms. The van der Waals surface area contributed by atoms with Crippen molar-refractivity contribution < 1.29 is 4.39 Å². The lowest BCUT2D eigenvalue weighted by Crippen LogP contribution is -2.25. The molecule has 0 fully saturated rings. The second-order valence-corrected chi connectivity index (χ2v) is 5.80. The molecule has 0 radical (unpaired) electrons. The summed E-state index contributed by atoms with van der Waals surface area (Å²) in [6.07, 6.45) is 3.44. The first-order chi connectivity index (χ1) is 8.99. The van der Waals surface area contributed by atoms with Crippen molar-refractivity contribution in [2.45, 2.75) is 45.7 Å². The SMILES string of the molecule is CC(N)CCCC(C)CN(C)Cc1ccccc1F. The predicted molar refractivity (Wildman–Crippen MR) is 79.4 cm³/mol. The van der Waals surface area contributed by atoms with Gasteiger partial charge in [-0.15, -0.1) is 0 Å². The van der Waals surface area contributed by atoms with Crippen LogP contribution < -0.4 is 5.73 Å². The van der Waals surface area contributed by atoms with Gasteiger partial charge in [0.25, 0.3) is 0 Å². The Morgan fingerprint density at radius 1 is 1.21 bits per heavy atom. The normalized spacial score (nSPS) is 14.6. The fraction of sp³-hybridized carbons (Fsp3) is 0.625. The molecule has 19 heavy (non-hydrogen) atoms. The van der Waals surface area contributed by atoms with Crippen LogP contribution >= 0.6 is 0 Å². The van der Waals surface area contributed by atoms with E-state index in [2.05, 4.69) is 25.8 Å². The third kappa shape index (κ3) is 6.69. The molecule has 1 aromatic carbocycles. The average Bonchev–Trinajstić information content (AvgIpc) is 2.31. The number of benzene rings is 1.